The Balaban J connectivity index is 1.62. The van der Waals surface area contributed by atoms with Crippen LogP contribution in [0, 0.1) is 6.92 Å². The number of anilines is 3. The van der Waals surface area contributed by atoms with Gasteiger partial charge in [-0.1, -0.05) is 0 Å². The second-order valence-corrected chi connectivity index (χ2v) is 8.26. The molecule has 0 aliphatic carbocycles. The average Bonchev–Trinajstić information content (AvgIpc) is 2.78. The van der Waals surface area contributed by atoms with Crippen LogP contribution in [-0.4, -0.2) is 72.1 Å². The number of nitrogens with zero attached hydrogens (tertiary/aromatic N) is 4. The van der Waals surface area contributed by atoms with Crippen molar-refractivity contribution in [2.24, 2.45) is 11.5 Å². The van der Waals surface area contributed by atoms with Crippen molar-refractivity contribution in [1.82, 2.24) is 14.9 Å². The highest BCUT2D eigenvalue weighted by atomic mass is 16.5. The van der Waals surface area contributed by atoms with Gasteiger partial charge in [0.05, 0.1) is 13.2 Å². The third kappa shape index (κ3) is 4.97. The lowest BCUT2D eigenvalue weighted by atomic mass is 10.1. The van der Waals surface area contributed by atoms with E-state index in [1.807, 2.05) is 24.0 Å². The molecule has 32 heavy (non-hydrogen) atoms. The highest BCUT2D eigenvalue weighted by Crippen LogP contribution is 2.25. The number of piperidine rings is 1. The quantitative estimate of drug-likeness (QED) is 0.628. The van der Waals surface area contributed by atoms with E-state index in [0.29, 0.717) is 55.9 Å². The summed E-state index contributed by atoms with van der Waals surface area (Å²) in [6.07, 6.45) is 3.35. The summed E-state index contributed by atoms with van der Waals surface area (Å²) in [5, 5.41) is 3.18. The summed E-state index contributed by atoms with van der Waals surface area (Å²) in [7, 11) is 0. The van der Waals surface area contributed by atoms with E-state index < -0.39 is 5.91 Å². The molecule has 2 aliphatic heterocycles. The number of nitrogens with one attached hydrogen (secondary N) is 1. The normalized spacial score (nSPS) is 19.0. The number of morpholine rings is 1. The van der Waals surface area contributed by atoms with Gasteiger partial charge in [-0.25, -0.2) is 4.98 Å². The minimum atomic E-state index is -0.633. The molecule has 170 valence electrons. The van der Waals surface area contributed by atoms with Crippen molar-refractivity contribution in [1.29, 1.82) is 0 Å². The van der Waals surface area contributed by atoms with Crippen LogP contribution in [0.5, 0.6) is 0 Å². The van der Waals surface area contributed by atoms with Gasteiger partial charge in [0.25, 0.3) is 11.8 Å². The molecule has 0 spiro atoms. The molecule has 3 heterocycles. The monoisotopic (exact) mass is 439 g/mol. The Labute approximate surface area is 186 Å². The van der Waals surface area contributed by atoms with Gasteiger partial charge in [0.15, 0.2) is 0 Å². The molecule has 10 heteroatoms. The van der Waals surface area contributed by atoms with Crippen molar-refractivity contribution >= 4 is 29.3 Å². The van der Waals surface area contributed by atoms with Crippen molar-refractivity contribution in [2.75, 3.05) is 49.6 Å². The Morgan fingerprint density at radius 2 is 1.97 bits per heavy atom. The Kier molecular flexibility index (Phi) is 6.52. The van der Waals surface area contributed by atoms with Gasteiger partial charge in [0.2, 0.25) is 5.95 Å². The summed E-state index contributed by atoms with van der Waals surface area (Å²) in [6.45, 7) is 5.56. The summed E-state index contributed by atoms with van der Waals surface area (Å²) >= 11 is 0. The van der Waals surface area contributed by atoms with Crippen molar-refractivity contribution in [3.8, 4) is 0 Å². The zero-order valence-corrected chi connectivity index (χ0v) is 18.2. The molecule has 1 atom stereocenters. The van der Waals surface area contributed by atoms with Gasteiger partial charge >= 0.3 is 0 Å². The first-order valence-electron chi connectivity index (χ1n) is 10.8. The third-order valence-corrected chi connectivity index (χ3v) is 5.67. The van der Waals surface area contributed by atoms with Crippen molar-refractivity contribution in [3.63, 3.8) is 0 Å². The Morgan fingerprint density at radius 3 is 2.69 bits per heavy atom. The van der Waals surface area contributed by atoms with E-state index in [0.717, 1.165) is 24.9 Å². The molecule has 1 aromatic heterocycles. The smallest absolute Gasteiger partial charge is 0.254 e. The fourth-order valence-corrected chi connectivity index (χ4v) is 4.06. The molecule has 2 saturated heterocycles. The lowest BCUT2D eigenvalue weighted by Gasteiger charge is -2.31. The average molecular weight is 440 g/mol. The van der Waals surface area contributed by atoms with E-state index in [2.05, 4.69) is 15.3 Å². The van der Waals surface area contributed by atoms with Crippen LogP contribution in [0.3, 0.4) is 0 Å². The summed E-state index contributed by atoms with van der Waals surface area (Å²) in [6, 6.07) is 5.55. The molecule has 2 aromatic rings. The molecule has 0 bridgehead atoms. The van der Waals surface area contributed by atoms with E-state index in [9.17, 15) is 9.59 Å². The van der Waals surface area contributed by atoms with Gasteiger partial charge in [-0.15, -0.1) is 0 Å². The number of primary amides is 1. The topological polar surface area (TPSA) is 140 Å². The molecule has 0 saturated carbocycles. The number of benzene rings is 1. The highest BCUT2D eigenvalue weighted by Gasteiger charge is 2.22. The zero-order valence-electron chi connectivity index (χ0n) is 18.2. The predicted molar refractivity (Wildman–Crippen MR) is 121 cm³/mol. The number of hydrogen-bond donors (Lipinski definition) is 3. The van der Waals surface area contributed by atoms with E-state index in [4.69, 9.17) is 16.2 Å². The number of ether oxygens (including phenoxy) is 1. The van der Waals surface area contributed by atoms with Crippen LogP contribution in [0.25, 0.3) is 0 Å². The maximum absolute atomic E-state index is 12.9. The summed E-state index contributed by atoms with van der Waals surface area (Å²) in [4.78, 5) is 37.6. The standard InChI is InChI=1S/C22H29N7O3/c1-14-9-15(21(31)28-5-7-32-8-6-28)11-17(10-14)26-20-18(19(24)30)12-25-22(27-20)29-4-2-3-16(23)13-29/h9-12,16H,2-8,13,23H2,1H3,(H2,24,30)(H,25,26,27)/t16-/m0/s1. The first-order chi connectivity index (χ1) is 15.4. The van der Waals surface area contributed by atoms with Crippen LogP contribution in [0.1, 0.15) is 39.1 Å². The largest absolute Gasteiger partial charge is 0.378 e. The van der Waals surface area contributed by atoms with E-state index in [-0.39, 0.29) is 17.5 Å². The molecule has 4 rings (SSSR count). The van der Waals surface area contributed by atoms with Crippen LogP contribution in [0.15, 0.2) is 24.4 Å². The molecule has 2 amide bonds. The second-order valence-electron chi connectivity index (χ2n) is 8.26. The van der Waals surface area contributed by atoms with Crippen LogP contribution < -0.4 is 21.7 Å². The van der Waals surface area contributed by atoms with E-state index in [1.54, 1.807) is 11.0 Å². The molecule has 1 aromatic carbocycles. The zero-order chi connectivity index (χ0) is 22.7. The predicted octanol–water partition coefficient (Wildman–Crippen LogP) is 1.03. The van der Waals surface area contributed by atoms with Crippen LogP contribution in [0.4, 0.5) is 17.5 Å². The summed E-state index contributed by atoms with van der Waals surface area (Å²) in [5.41, 5.74) is 13.9. The number of hydrogen-bond acceptors (Lipinski definition) is 8. The fraction of sp³-hybridized carbons (Fsp3) is 0.455. The SMILES string of the molecule is Cc1cc(Nc2nc(N3CCC[C@H](N)C3)ncc2C(N)=O)cc(C(=O)N2CCOCC2)c1. The van der Waals surface area contributed by atoms with Crippen LogP contribution in [-0.2, 0) is 4.74 Å². The van der Waals surface area contributed by atoms with Gasteiger partial charge in [-0.05, 0) is 43.5 Å². The molecular formula is C22H29N7O3. The second kappa shape index (κ2) is 9.49. The number of rotatable bonds is 5. The maximum Gasteiger partial charge on any atom is 0.254 e. The molecule has 5 N–H and O–H groups in total. The Morgan fingerprint density at radius 1 is 1.19 bits per heavy atom. The molecule has 0 unspecified atom stereocenters. The highest BCUT2D eigenvalue weighted by molar-refractivity contribution is 5.99. The summed E-state index contributed by atoms with van der Waals surface area (Å²) < 4.78 is 5.34. The van der Waals surface area contributed by atoms with Gasteiger partial charge in [0, 0.05) is 49.7 Å². The lowest BCUT2D eigenvalue weighted by Crippen LogP contribution is -2.43. The molecule has 2 aliphatic rings. The van der Waals surface area contributed by atoms with Crippen molar-refractivity contribution in [3.05, 3.63) is 41.1 Å². The first-order valence-corrected chi connectivity index (χ1v) is 10.8. The Hall–Kier alpha value is -3.24. The number of amides is 2. The molecule has 0 radical (unpaired) electrons. The molecule has 2 fully saturated rings. The summed E-state index contributed by atoms with van der Waals surface area (Å²) in [5.74, 6) is 0.106. The molecule has 10 nitrogen and oxygen atoms in total. The van der Waals surface area contributed by atoms with E-state index >= 15 is 0 Å². The Bertz CT molecular complexity index is 1010. The van der Waals surface area contributed by atoms with Gasteiger partial charge < -0.3 is 31.3 Å². The van der Waals surface area contributed by atoms with Crippen LogP contribution in [0.2, 0.25) is 0 Å². The number of carbonyl (C=O) groups excluding carboxylic acids is 2. The minimum absolute atomic E-state index is 0.0548. The van der Waals surface area contributed by atoms with Crippen molar-refractivity contribution < 1.29 is 14.3 Å². The van der Waals surface area contributed by atoms with Gasteiger partial charge in [-0.3, -0.25) is 9.59 Å². The number of carbonyl (C=O) groups is 2. The molecular weight excluding hydrogens is 410 g/mol. The van der Waals surface area contributed by atoms with Crippen molar-refractivity contribution in [2.45, 2.75) is 25.8 Å². The van der Waals surface area contributed by atoms with Crippen LogP contribution >= 0.6 is 0 Å². The van der Waals surface area contributed by atoms with E-state index in [1.165, 1.54) is 6.20 Å². The maximum atomic E-state index is 12.9. The lowest BCUT2D eigenvalue weighted by molar-refractivity contribution is 0.0303. The van der Waals surface area contributed by atoms with Gasteiger partial charge in [0.1, 0.15) is 11.4 Å². The minimum Gasteiger partial charge on any atom is -0.378 e. The van der Waals surface area contributed by atoms with Gasteiger partial charge in [-0.2, -0.15) is 4.98 Å². The number of nitrogens with two attached hydrogens (primary N) is 2. The first kappa shape index (κ1) is 22.0. The third-order valence-electron chi connectivity index (χ3n) is 5.67. The number of aromatic nitrogens is 2. The fourth-order valence-electron chi connectivity index (χ4n) is 4.06. The number of aryl methyl sites for hydroxylation is 1.